The summed E-state index contributed by atoms with van der Waals surface area (Å²) in [4.78, 5) is 13.9. The highest BCUT2D eigenvalue weighted by molar-refractivity contribution is 7.80. The van der Waals surface area contributed by atoms with E-state index in [1.54, 1.807) is 24.3 Å². The number of rotatable bonds is 6. The highest BCUT2D eigenvalue weighted by Crippen LogP contribution is 2.27. The molecule has 0 aromatic heterocycles. The van der Waals surface area contributed by atoms with Crippen molar-refractivity contribution in [2.45, 2.75) is 13.3 Å². The SMILES string of the molecule is CCOCCCN1C(=O)C(=Cc2cccc(Cl)c2Cl)NC1=S. The van der Waals surface area contributed by atoms with Gasteiger partial charge in [-0.15, -0.1) is 0 Å². The Morgan fingerprint density at radius 1 is 1.41 bits per heavy atom. The van der Waals surface area contributed by atoms with Crippen LogP contribution >= 0.6 is 35.4 Å². The minimum Gasteiger partial charge on any atom is -0.382 e. The quantitative estimate of drug-likeness (QED) is 0.480. The van der Waals surface area contributed by atoms with Crippen LogP contribution < -0.4 is 5.32 Å². The van der Waals surface area contributed by atoms with Gasteiger partial charge in [0.1, 0.15) is 5.70 Å². The van der Waals surface area contributed by atoms with Gasteiger partial charge in [0.15, 0.2) is 5.11 Å². The van der Waals surface area contributed by atoms with E-state index in [-0.39, 0.29) is 5.91 Å². The molecule has 1 aliphatic heterocycles. The van der Waals surface area contributed by atoms with Gasteiger partial charge in [-0.2, -0.15) is 0 Å². The van der Waals surface area contributed by atoms with Crippen molar-refractivity contribution in [3.05, 3.63) is 39.5 Å². The van der Waals surface area contributed by atoms with Gasteiger partial charge in [0.2, 0.25) is 0 Å². The van der Waals surface area contributed by atoms with Gasteiger partial charge < -0.3 is 10.1 Å². The Hall–Kier alpha value is -1.14. The van der Waals surface area contributed by atoms with E-state index in [1.807, 2.05) is 6.92 Å². The molecule has 0 bridgehead atoms. The van der Waals surface area contributed by atoms with E-state index in [0.29, 0.717) is 46.2 Å². The molecule has 22 heavy (non-hydrogen) atoms. The van der Waals surface area contributed by atoms with E-state index in [2.05, 4.69) is 5.32 Å². The summed E-state index contributed by atoms with van der Waals surface area (Å²) >= 11 is 17.3. The van der Waals surface area contributed by atoms with Gasteiger partial charge in [-0.25, -0.2) is 0 Å². The van der Waals surface area contributed by atoms with Gasteiger partial charge in [0.05, 0.1) is 10.0 Å². The second kappa shape index (κ2) is 7.92. The molecule has 118 valence electrons. The normalized spacial score (nSPS) is 16.5. The largest absolute Gasteiger partial charge is 0.382 e. The van der Waals surface area contributed by atoms with Crippen molar-refractivity contribution >= 4 is 52.5 Å². The topological polar surface area (TPSA) is 41.6 Å². The number of thiocarbonyl (C=S) groups is 1. The molecular weight excluding hydrogens is 343 g/mol. The third kappa shape index (κ3) is 3.98. The zero-order valence-corrected chi connectivity index (χ0v) is 14.4. The molecule has 0 aliphatic carbocycles. The molecule has 0 unspecified atom stereocenters. The molecule has 1 aliphatic rings. The van der Waals surface area contributed by atoms with Gasteiger partial charge in [-0.3, -0.25) is 9.69 Å². The van der Waals surface area contributed by atoms with Crippen LogP contribution in [0.2, 0.25) is 10.0 Å². The smallest absolute Gasteiger partial charge is 0.276 e. The molecule has 1 aromatic rings. The molecule has 1 N–H and O–H groups in total. The third-order valence-electron chi connectivity index (χ3n) is 3.12. The van der Waals surface area contributed by atoms with Crippen molar-refractivity contribution < 1.29 is 9.53 Å². The molecule has 0 radical (unpaired) electrons. The van der Waals surface area contributed by atoms with Crippen LogP contribution in [0.25, 0.3) is 6.08 Å². The lowest BCUT2D eigenvalue weighted by Gasteiger charge is -2.13. The number of ether oxygens (including phenoxy) is 1. The number of hydrogen-bond donors (Lipinski definition) is 1. The van der Waals surface area contributed by atoms with Crippen molar-refractivity contribution in [1.29, 1.82) is 0 Å². The van der Waals surface area contributed by atoms with E-state index in [9.17, 15) is 4.79 Å². The van der Waals surface area contributed by atoms with E-state index in [1.165, 1.54) is 4.90 Å². The molecule has 1 amide bonds. The third-order valence-corrected chi connectivity index (χ3v) is 4.27. The molecule has 4 nitrogen and oxygen atoms in total. The summed E-state index contributed by atoms with van der Waals surface area (Å²) in [7, 11) is 0. The summed E-state index contributed by atoms with van der Waals surface area (Å²) in [6.45, 7) is 3.71. The minimum atomic E-state index is -0.169. The van der Waals surface area contributed by atoms with Gasteiger partial charge in [0.25, 0.3) is 5.91 Å². The fraction of sp³-hybridized carbons (Fsp3) is 0.333. The van der Waals surface area contributed by atoms with E-state index >= 15 is 0 Å². The Kier molecular flexibility index (Phi) is 6.20. The Balaban J connectivity index is 2.10. The molecule has 7 heteroatoms. The standard InChI is InChI=1S/C15H16Cl2N2O2S/c1-2-21-8-4-7-19-14(20)12(18-15(19)22)9-10-5-3-6-11(16)13(10)17/h3,5-6,9H,2,4,7-8H2,1H3,(H,18,22). The van der Waals surface area contributed by atoms with E-state index in [4.69, 9.17) is 40.2 Å². The summed E-state index contributed by atoms with van der Waals surface area (Å²) in [6.07, 6.45) is 2.39. The zero-order valence-electron chi connectivity index (χ0n) is 12.1. The van der Waals surface area contributed by atoms with E-state index < -0.39 is 0 Å². The number of nitrogens with one attached hydrogen (secondary N) is 1. The highest BCUT2D eigenvalue weighted by Gasteiger charge is 2.30. The summed E-state index contributed by atoms with van der Waals surface area (Å²) in [5, 5.41) is 4.16. The predicted molar refractivity (Wildman–Crippen MR) is 93.0 cm³/mol. The fourth-order valence-electron chi connectivity index (χ4n) is 2.03. The molecular formula is C15H16Cl2N2O2S. The maximum Gasteiger partial charge on any atom is 0.276 e. The van der Waals surface area contributed by atoms with Crippen LogP contribution in [-0.4, -0.2) is 35.7 Å². The first-order valence-electron chi connectivity index (χ1n) is 6.91. The monoisotopic (exact) mass is 358 g/mol. The maximum absolute atomic E-state index is 12.4. The second-order valence-electron chi connectivity index (χ2n) is 4.64. The van der Waals surface area contributed by atoms with Crippen LogP contribution in [0.15, 0.2) is 23.9 Å². The van der Waals surface area contributed by atoms with Gasteiger partial charge in [0, 0.05) is 19.8 Å². The van der Waals surface area contributed by atoms with Crippen molar-refractivity contribution in [2.75, 3.05) is 19.8 Å². The van der Waals surface area contributed by atoms with Crippen molar-refractivity contribution in [3.8, 4) is 0 Å². The lowest BCUT2D eigenvalue weighted by atomic mass is 10.2. The molecule has 0 spiro atoms. The lowest BCUT2D eigenvalue weighted by Crippen LogP contribution is -2.32. The highest BCUT2D eigenvalue weighted by atomic mass is 35.5. The first-order valence-corrected chi connectivity index (χ1v) is 8.07. The zero-order chi connectivity index (χ0) is 16.1. The van der Waals surface area contributed by atoms with Gasteiger partial charge in [-0.05, 0) is 43.3 Å². The minimum absolute atomic E-state index is 0.169. The van der Waals surface area contributed by atoms with Gasteiger partial charge >= 0.3 is 0 Å². The first kappa shape index (κ1) is 17.2. The van der Waals surface area contributed by atoms with Crippen LogP contribution in [0.5, 0.6) is 0 Å². The molecule has 1 fully saturated rings. The van der Waals surface area contributed by atoms with E-state index in [0.717, 1.165) is 6.42 Å². The Morgan fingerprint density at radius 3 is 2.91 bits per heavy atom. The van der Waals surface area contributed by atoms with Crippen molar-refractivity contribution in [2.24, 2.45) is 0 Å². The van der Waals surface area contributed by atoms with Crippen molar-refractivity contribution in [3.63, 3.8) is 0 Å². The number of carbonyl (C=O) groups is 1. The summed E-state index contributed by atoms with van der Waals surface area (Å²) in [5.74, 6) is -0.169. The van der Waals surface area contributed by atoms with Gasteiger partial charge in [-0.1, -0.05) is 35.3 Å². The van der Waals surface area contributed by atoms with Crippen LogP contribution in [0, 0.1) is 0 Å². The molecule has 0 saturated carbocycles. The van der Waals surface area contributed by atoms with Crippen molar-refractivity contribution in [1.82, 2.24) is 10.2 Å². The first-order chi connectivity index (χ1) is 10.5. The molecule has 2 rings (SSSR count). The predicted octanol–water partition coefficient (Wildman–Crippen LogP) is 3.48. The maximum atomic E-state index is 12.4. The average molecular weight is 359 g/mol. The van der Waals surface area contributed by atoms with Crippen LogP contribution in [0.3, 0.4) is 0 Å². The second-order valence-corrected chi connectivity index (χ2v) is 5.81. The fourth-order valence-corrected chi connectivity index (χ4v) is 2.68. The molecule has 1 saturated heterocycles. The molecule has 1 aromatic carbocycles. The molecule has 0 atom stereocenters. The van der Waals surface area contributed by atoms with Crippen LogP contribution in [0.1, 0.15) is 18.9 Å². The Bertz CT molecular complexity index is 620. The number of nitrogens with zero attached hydrogens (tertiary/aromatic N) is 1. The van der Waals surface area contributed by atoms with Crippen LogP contribution in [0.4, 0.5) is 0 Å². The number of carbonyl (C=O) groups excluding carboxylic acids is 1. The number of benzene rings is 1. The lowest BCUT2D eigenvalue weighted by molar-refractivity contribution is -0.122. The number of amides is 1. The average Bonchev–Trinajstić information content (AvgIpc) is 2.75. The number of halogens is 2. The molecule has 1 heterocycles. The Morgan fingerprint density at radius 2 is 2.18 bits per heavy atom. The summed E-state index contributed by atoms with van der Waals surface area (Å²) < 4.78 is 5.27. The Labute approximate surface area is 145 Å². The van der Waals surface area contributed by atoms with Crippen LogP contribution in [-0.2, 0) is 9.53 Å². The number of hydrogen-bond acceptors (Lipinski definition) is 3. The summed E-state index contributed by atoms with van der Waals surface area (Å²) in [6, 6.07) is 5.26. The summed E-state index contributed by atoms with van der Waals surface area (Å²) in [5.41, 5.74) is 1.06.